The molecular formula is C25H26N2O6. The second-order valence-corrected chi connectivity index (χ2v) is 8.26. The molecule has 1 unspecified atom stereocenters. The topological polar surface area (TPSA) is 121 Å². The van der Waals surface area contributed by atoms with Crippen LogP contribution in [0.3, 0.4) is 0 Å². The molecule has 8 heteroatoms. The van der Waals surface area contributed by atoms with Crippen molar-refractivity contribution >= 4 is 28.6 Å². The molecule has 1 fully saturated rings. The molecule has 8 nitrogen and oxygen atoms in total. The van der Waals surface area contributed by atoms with Crippen LogP contribution in [0.25, 0.3) is 10.9 Å². The minimum absolute atomic E-state index is 0.0629. The minimum Gasteiger partial charge on any atom is -0.496 e. The Morgan fingerprint density at radius 1 is 1.09 bits per heavy atom. The van der Waals surface area contributed by atoms with E-state index in [1.807, 2.05) is 0 Å². The molecule has 1 atom stereocenters. The van der Waals surface area contributed by atoms with E-state index in [1.54, 1.807) is 35.0 Å². The van der Waals surface area contributed by atoms with Gasteiger partial charge in [0.1, 0.15) is 18.0 Å². The third-order valence-electron chi connectivity index (χ3n) is 6.12. The van der Waals surface area contributed by atoms with Crippen LogP contribution in [0.5, 0.6) is 5.75 Å². The first-order valence-corrected chi connectivity index (χ1v) is 10.8. The minimum atomic E-state index is -1.08. The van der Waals surface area contributed by atoms with Gasteiger partial charge in [0, 0.05) is 22.7 Å². The average molecular weight is 450 g/mol. The molecule has 1 aliphatic rings. The summed E-state index contributed by atoms with van der Waals surface area (Å²) >= 11 is 0. The standard InChI is InChI=1S/C25H26N2O6/c1-14(28)20-13-27(23(26)19-10-7-15(24(29)30)12-22(19)32-2)21-11-16(8-9-18(20)21)25(31)33-17-5-3-4-6-17/h7-13,17,23H,3-6,26H2,1-2H3,(H,29,30). The van der Waals surface area contributed by atoms with Crippen molar-refractivity contribution in [2.75, 3.05) is 7.11 Å². The zero-order valence-electron chi connectivity index (χ0n) is 18.5. The van der Waals surface area contributed by atoms with E-state index in [-0.39, 0.29) is 17.5 Å². The van der Waals surface area contributed by atoms with Crippen molar-refractivity contribution in [2.45, 2.75) is 44.9 Å². The number of ketones is 1. The molecule has 172 valence electrons. The number of aromatic carboxylic acids is 1. The lowest BCUT2D eigenvalue weighted by atomic mass is 10.1. The zero-order chi connectivity index (χ0) is 23.7. The van der Waals surface area contributed by atoms with Crippen LogP contribution >= 0.6 is 0 Å². The Morgan fingerprint density at radius 2 is 1.79 bits per heavy atom. The third-order valence-corrected chi connectivity index (χ3v) is 6.12. The number of methoxy groups -OCH3 is 1. The van der Waals surface area contributed by atoms with Gasteiger partial charge >= 0.3 is 11.9 Å². The molecule has 0 amide bonds. The molecule has 1 heterocycles. The van der Waals surface area contributed by atoms with Crippen molar-refractivity contribution in [3.8, 4) is 5.75 Å². The Hall–Kier alpha value is -3.65. The number of rotatable bonds is 7. The van der Waals surface area contributed by atoms with Crippen LogP contribution in [-0.2, 0) is 4.74 Å². The van der Waals surface area contributed by atoms with Gasteiger partial charge in [-0.05, 0) is 56.9 Å². The summed E-state index contributed by atoms with van der Waals surface area (Å²) in [6, 6.07) is 9.50. The summed E-state index contributed by atoms with van der Waals surface area (Å²) in [7, 11) is 1.43. The van der Waals surface area contributed by atoms with E-state index < -0.39 is 18.1 Å². The summed E-state index contributed by atoms with van der Waals surface area (Å²) in [6.07, 6.45) is 4.64. The Kier molecular flexibility index (Phi) is 6.20. The number of hydrogen-bond donors (Lipinski definition) is 2. The number of carboxylic acid groups (broad SMARTS) is 1. The molecule has 2 aromatic carbocycles. The summed E-state index contributed by atoms with van der Waals surface area (Å²) in [5.74, 6) is -1.31. The van der Waals surface area contributed by atoms with E-state index in [0.717, 1.165) is 25.7 Å². The summed E-state index contributed by atoms with van der Waals surface area (Å²) in [5, 5.41) is 9.93. The van der Waals surface area contributed by atoms with Crippen molar-refractivity contribution in [1.82, 2.24) is 4.57 Å². The molecule has 1 saturated carbocycles. The van der Waals surface area contributed by atoms with Crippen LogP contribution in [0, 0.1) is 0 Å². The van der Waals surface area contributed by atoms with Gasteiger partial charge < -0.3 is 24.9 Å². The number of benzene rings is 2. The largest absolute Gasteiger partial charge is 0.496 e. The number of carbonyl (C=O) groups is 3. The van der Waals surface area contributed by atoms with Crippen LogP contribution in [0.1, 0.15) is 75.4 Å². The molecule has 4 rings (SSSR count). The predicted octanol–water partition coefficient (Wildman–Crippen LogP) is 4.16. The van der Waals surface area contributed by atoms with E-state index in [2.05, 4.69) is 0 Å². The number of carboxylic acids is 1. The summed E-state index contributed by atoms with van der Waals surface area (Å²) in [6.45, 7) is 1.47. The summed E-state index contributed by atoms with van der Waals surface area (Å²) in [4.78, 5) is 36.3. The summed E-state index contributed by atoms with van der Waals surface area (Å²) < 4.78 is 12.7. The molecule has 0 bridgehead atoms. The Balaban J connectivity index is 1.78. The van der Waals surface area contributed by atoms with Gasteiger partial charge in [0.15, 0.2) is 5.78 Å². The number of nitrogens with zero attached hydrogens (tertiary/aromatic N) is 1. The van der Waals surface area contributed by atoms with Gasteiger partial charge in [-0.25, -0.2) is 9.59 Å². The third kappa shape index (κ3) is 4.34. The van der Waals surface area contributed by atoms with E-state index >= 15 is 0 Å². The van der Waals surface area contributed by atoms with Crippen molar-refractivity contribution in [2.24, 2.45) is 5.73 Å². The highest BCUT2D eigenvalue weighted by molar-refractivity contribution is 6.08. The maximum absolute atomic E-state index is 12.7. The molecule has 3 aromatic rings. The fourth-order valence-electron chi connectivity index (χ4n) is 4.35. The van der Waals surface area contributed by atoms with E-state index in [0.29, 0.717) is 33.3 Å². The molecular weight excluding hydrogens is 424 g/mol. The quantitative estimate of drug-likeness (QED) is 0.410. The van der Waals surface area contributed by atoms with Gasteiger partial charge in [-0.1, -0.05) is 12.1 Å². The van der Waals surface area contributed by atoms with Crippen molar-refractivity contribution < 1.29 is 29.0 Å². The number of aromatic nitrogens is 1. The molecule has 0 spiro atoms. The first-order chi connectivity index (χ1) is 15.8. The number of esters is 1. The smallest absolute Gasteiger partial charge is 0.338 e. The second kappa shape index (κ2) is 9.07. The lowest BCUT2D eigenvalue weighted by Crippen LogP contribution is -2.20. The number of hydrogen-bond acceptors (Lipinski definition) is 6. The van der Waals surface area contributed by atoms with Crippen molar-refractivity contribution in [3.05, 3.63) is 64.8 Å². The Morgan fingerprint density at radius 3 is 2.42 bits per heavy atom. The average Bonchev–Trinajstić information content (AvgIpc) is 3.45. The van der Waals surface area contributed by atoms with E-state index in [9.17, 15) is 19.5 Å². The summed E-state index contributed by atoms with van der Waals surface area (Å²) in [5.41, 5.74) is 8.62. The van der Waals surface area contributed by atoms with Crippen molar-refractivity contribution in [1.29, 1.82) is 0 Å². The van der Waals surface area contributed by atoms with E-state index in [1.165, 1.54) is 26.2 Å². The van der Waals surface area contributed by atoms with Crippen LogP contribution in [-0.4, -0.2) is 40.6 Å². The normalized spacial score (nSPS) is 14.9. The molecule has 1 aromatic heterocycles. The lowest BCUT2D eigenvalue weighted by molar-refractivity contribution is 0.0317. The Labute approximate surface area is 190 Å². The second-order valence-electron chi connectivity index (χ2n) is 8.26. The Bertz CT molecular complexity index is 1240. The molecule has 1 aliphatic carbocycles. The van der Waals surface area contributed by atoms with E-state index in [4.69, 9.17) is 15.2 Å². The van der Waals surface area contributed by atoms with Crippen LogP contribution < -0.4 is 10.5 Å². The molecule has 33 heavy (non-hydrogen) atoms. The van der Waals surface area contributed by atoms with Crippen LogP contribution in [0.2, 0.25) is 0 Å². The van der Waals surface area contributed by atoms with Gasteiger partial charge in [0.05, 0.1) is 23.8 Å². The SMILES string of the molecule is COc1cc(C(=O)O)ccc1C(N)n1cc(C(C)=O)c2ccc(C(=O)OC3CCCC3)cc21. The van der Waals surface area contributed by atoms with Gasteiger partial charge in [-0.3, -0.25) is 4.79 Å². The van der Waals surface area contributed by atoms with Gasteiger partial charge in [-0.2, -0.15) is 0 Å². The highest BCUT2D eigenvalue weighted by Gasteiger charge is 2.24. The van der Waals surface area contributed by atoms with Gasteiger partial charge in [-0.15, -0.1) is 0 Å². The first-order valence-electron chi connectivity index (χ1n) is 10.8. The molecule has 3 N–H and O–H groups in total. The number of fused-ring (bicyclic) bond motifs is 1. The van der Waals surface area contributed by atoms with Crippen molar-refractivity contribution in [3.63, 3.8) is 0 Å². The lowest BCUT2D eigenvalue weighted by Gasteiger charge is -2.19. The fraction of sp³-hybridized carbons (Fsp3) is 0.320. The molecule has 0 radical (unpaired) electrons. The monoisotopic (exact) mass is 450 g/mol. The molecule has 0 aliphatic heterocycles. The maximum atomic E-state index is 12.7. The van der Waals surface area contributed by atoms with Gasteiger partial charge in [0.25, 0.3) is 0 Å². The number of nitrogens with two attached hydrogens (primary N) is 1. The van der Waals surface area contributed by atoms with Crippen LogP contribution in [0.15, 0.2) is 42.6 Å². The maximum Gasteiger partial charge on any atom is 0.338 e. The van der Waals surface area contributed by atoms with Crippen LogP contribution in [0.4, 0.5) is 0 Å². The zero-order valence-corrected chi connectivity index (χ0v) is 18.5. The number of carbonyl (C=O) groups excluding carboxylic acids is 2. The number of ether oxygens (including phenoxy) is 2. The molecule has 0 saturated heterocycles. The first kappa shape index (κ1) is 22.5. The number of Topliss-reactive ketones (excluding diaryl/α,β-unsaturated/α-hetero) is 1. The highest BCUT2D eigenvalue weighted by atomic mass is 16.5. The highest BCUT2D eigenvalue weighted by Crippen LogP contribution is 2.32. The predicted molar refractivity (Wildman–Crippen MR) is 122 cm³/mol. The van der Waals surface area contributed by atoms with Gasteiger partial charge in [0.2, 0.25) is 0 Å². The fourth-order valence-corrected chi connectivity index (χ4v) is 4.35.